The zero-order valence-electron chi connectivity index (χ0n) is 9.47. The molecule has 1 aromatic rings. The van der Waals surface area contributed by atoms with E-state index in [4.69, 9.17) is 0 Å². The van der Waals surface area contributed by atoms with Crippen LogP contribution < -0.4 is 0 Å². The summed E-state index contributed by atoms with van der Waals surface area (Å²) in [6.07, 6.45) is 0. The molecule has 0 amide bonds. The molecule has 0 bridgehead atoms. The fraction of sp³-hybridized carbons (Fsp3) is 0.500. The topological polar surface area (TPSA) is 26.3 Å². The van der Waals surface area contributed by atoms with E-state index in [-0.39, 0.29) is 0 Å². The summed E-state index contributed by atoms with van der Waals surface area (Å²) in [7, 11) is 0. The van der Waals surface area contributed by atoms with Crippen LogP contribution in [0.15, 0.2) is 22.7 Å². The second-order valence-electron chi connectivity index (χ2n) is 5.10. The van der Waals surface area contributed by atoms with Crippen molar-refractivity contribution in [3.63, 3.8) is 0 Å². The molecule has 0 atom stereocenters. The Hall–Kier alpha value is -0.380. The molecular weight excluding hydrogens is 254 g/mol. The van der Waals surface area contributed by atoms with Crippen LogP contribution in [-0.2, 0) is 11.1 Å². The van der Waals surface area contributed by atoms with E-state index in [1.54, 1.807) is 0 Å². The maximum absolute atomic E-state index is 12.2. The molecule has 0 saturated carbocycles. The first-order valence-corrected chi connectivity index (χ1v) is 5.85. The van der Waals surface area contributed by atoms with E-state index in [0.717, 1.165) is 15.6 Å². The first kappa shape index (κ1) is 11.1. The summed E-state index contributed by atoms with van der Waals surface area (Å²) in [5.41, 5.74) is 1.38. The summed E-state index contributed by atoms with van der Waals surface area (Å²) in [6.45, 7) is 7.89. The van der Waals surface area contributed by atoms with Crippen LogP contribution in [0.25, 0.3) is 0 Å². The lowest BCUT2D eigenvalue weighted by Gasteiger charge is -2.46. The Morgan fingerprint density at radius 2 is 1.60 bits per heavy atom. The number of hydrogen-bond donors (Lipinski definition) is 0. The molecule has 1 aromatic carbocycles. The van der Waals surface area contributed by atoms with Gasteiger partial charge in [-0.05, 0) is 51.0 Å². The van der Waals surface area contributed by atoms with E-state index in [1.807, 2.05) is 39.8 Å². The van der Waals surface area contributed by atoms with Gasteiger partial charge in [0.05, 0.1) is 0 Å². The van der Waals surface area contributed by atoms with Crippen LogP contribution in [0.3, 0.4) is 0 Å². The third-order valence-corrected chi connectivity index (χ3v) is 3.81. The molecule has 0 spiro atoms. The van der Waals surface area contributed by atoms with E-state index in [0.29, 0.717) is 0 Å². The molecule has 0 radical (unpaired) electrons. The van der Waals surface area contributed by atoms with Gasteiger partial charge in [0.25, 0.3) is 0 Å². The van der Waals surface area contributed by atoms with Gasteiger partial charge in [0.15, 0.2) is 0 Å². The van der Waals surface area contributed by atoms with Gasteiger partial charge in [-0.25, -0.2) is 0 Å². The molecule has 0 saturated heterocycles. The van der Waals surface area contributed by atoms with Crippen molar-refractivity contribution in [2.75, 3.05) is 0 Å². The Kier molecular flexibility index (Phi) is 2.27. The van der Waals surface area contributed by atoms with Gasteiger partial charge in [0, 0.05) is 15.6 Å². The lowest BCUT2D eigenvalue weighted by atomic mass is 9.91. The van der Waals surface area contributed by atoms with Crippen molar-refractivity contribution in [2.45, 2.75) is 38.8 Å². The van der Waals surface area contributed by atoms with E-state index in [1.165, 1.54) is 5.06 Å². The molecule has 0 unspecified atom stereocenters. The second-order valence-corrected chi connectivity index (χ2v) is 6.02. The van der Waals surface area contributed by atoms with Gasteiger partial charge in [0.2, 0.25) is 0 Å². The number of rotatable bonds is 0. The summed E-state index contributed by atoms with van der Waals surface area (Å²) in [6, 6.07) is 6.09. The average molecular weight is 269 g/mol. The van der Waals surface area contributed by atoms with Gasteiger partial charge >= 0.3 is 0 Å². The van der Waals surface area contributed by atoms with Gasteiger partial charge < -0.3 is 10.3 Å². The largest absolute Gasteiger partial charge is 0.784 e. The molecule has 82 valence electrons. The highest BCUT2D eigenvalue weighted by Gasteiger charge is 2.43. The van der Waals surface area contributed by atoms with Gasteiger partial charge in [-0.2, -0.15) is 0 Å². The number of hydroxylamine groups is 2. The molecule has 3 heteroatoms. The average Bonchev–Trinajstić information content (AvgIpc) is 2.26. The van der Waals surface area contributed by atoms with E-state index < -0.39 is 11.1 Å². The normalized spacial score (nSPS) is 22.8. The summed E-state index contributed by atoms with van der Waals surface area (Å²) < 4.78 is 1.03. The van der Waals surface area contributed by atoms with E-state index in [9.17, 15) is 5.21 Å². The lowest BCUT2D eigenvalue weighted by Crippen LogP contribution is -2.40. The molecule has 0 N–H and O–H groups in total. The molecule has 15 heavy (non-hydrogen) atoms. The Labute approximate surface area is 99.0 Å². The van der Waals surface area contributed by atoms with Crippen LogP contribution in [0.5, 0.6) is 0 Å². The van der Waals surface area contributed by atoms with Gasteiger partial charge in [-0.3, -0.25) is 0 Å². The number of halogens is 1. The Bertz CT molecular complexity index is 412. The number of benzene rings is 1. The van der Waals surface area contributed by atoms with Crippen molar-refractivity contribution >= 4 is 15.9 Å². The van der Waals surface area contributed by atoms with Crippen LogP contribution in [0.2, 0.25) is 0 Å². The third-order valence-electron chi connectivity index (χ3n) is 3.32. The molecule has 1 aliphatic heterocycles. The Balaban J connectivity index is 2.71. The van der Waals surface area contributed by atoms with Crippen molar-refractivity contribution < 1.29 is 0 Å². The molecule has 1 aliphatic rings. The molecule has 0 aliphatic carbocycles. The maximum Gasteiger partial charge on any atom is 0.0299 e. The number of hydrogen-bond acceptors (Lipinski definition) is 2. The number of fused-ring (bicyclic) bond motifs is 1. The minimum absolute atomic E-state index is 0.431. The molecule has 2 rings (SSSR count). The van der Waals surface area contributed by atoms with Gasteiger partial charge in [-0.15, -0.1) is 0 Å². The van der Waals surface area contributed by atoms with Crippen LogP contribution in [0.4, 0.5) is 0 Å². The van der Waals surface area contributed by atoms with Gasteiger partial charge in [-0.1, -0.05) is 22.0 Å². The summed E-state index contributed by atoms with van der Waals surface area (Å²) in [4.78, 5) is 0. The molecule has 0 fully saturated rings. The van der Waals surface area contributed by atoms with E-state index in [2.05, 4.69) is 22.0 Å². The third kappa shape index (κ3) is 1.37. The SMILES string of the molecule is CC1(C)c2ccc(Br)cc2C(C)(C)N1[O-]. The Morgan fingerprint density at radius 3 is 2.20 bits per heavy atom. The zero-order valence-corrected chi connectivity index (χ0v) is 11.1. The highest BCUT2D eigenvalue weighted by Crippen LogP contribution is 2.49. The van der Waals surface area contributed by atoms with Crippen LogP contribution in [0, 0.1) is 5.21 Å². The van der Waals surface area contributed by atoms with Crippen molar-refractivity contribution in [1.29, 1.82) is 0 Å². The summed E-state index contributed by atoms with van der Waals surface area (Å²) in [5, 5.41) is 13.4. The maximum atomic E-state index is 12.2. The Morgan fingerprint density at radius 1 is 1.07 bits per heavy atom. The monoisotopic (exact) mass is 268 g/mol. The molecular formula is C12H15BrNO-. The molecule has 1 heterocycles. The quantitative estimate of drug-likeness (QED) is 0.717. The zero-order chi connectivity index (χ0) is 11.4. The van der Waals surface area contributed by atoms with Crippen molar-refractivity contribution in [3.05, 3.63) is 39.0 Å². The summed E-state index contributed by atoms with van der Waals surface area (Å²) in [5.74, 6) is 0. The molecule has 2 nitrogen and oxygen atoms in total. The van der Waals surface area contributed by atoms with Crippen molar-refractivity contribution in [1.82, 2.24) is 5.06 Å². The van der Waals surface area contributed by atoms with E-state index >= 15 is 0 Å². The fourth-order valence-electron chi connectivity index (χ4n) is 2.47. The second kappa shape index (κ2) is 3.06. The fourth-order valence-corrected chi connectivity index (χ4v) is 2.83. The number of nitrogens with zero attached hydrogens (tertiary/aromatic N) is 1. The highest BCUT2D eigenvalue weighted by atomic mass is 79.9. The summed E-state index contributed by atoms with van der Waals surface area (Å²) >= 11 is 3.45. The van der Waals surface area contributed by atoms with Crippen molar-refractivity contribution in [3.8, 4) is 0 Å². The lowest BCUT2D eigenvalue weighted by molar-refractivity contribution is 0.101. The smallest absolute Gasteiger partial charge is 0.0299 e. The van der Waals surface area contributed by atoms with Crippen LogP contribution in [0.1, 0.15) is 38.8 Å². The predicted octanol–water partition coefficient (Wildman–Crippen LogP) is 3.73. The van der Waals surface area contributed by atoms with Crippen LogP contribution >= 0.6 is 15.9 Å². The minimum Gasteiger partial charge on any atom is -0.784 e. The first-order valence-electron chi connectivity index (χ1n) is 5.06. The minimum atomic E-state index is -0.442. The standard InChI is InChI=1S/C12H15BrNO/c1-11(2)9-6-5-8(13)7-10(9)12(3,4)14(11)15/h5-7H,1-4H3/q-1. The highest BCUT2D eigenvalue weighted by molar-refractivity contribution is 9.10. The predicted molar refractivity (Wildman–Crippen MR) is 65.4 cm³/mol. The first-order chi connectivity index (χ1) is 6.78. The van der Waals surface area contributed by atoms with Gasteiger partial charge in [0.1, 0.15) is 0 Å². The van der Waals surface area contributed by atoms with Crippen molar-refractivity contribution in [2.24, 2.45) is 0 Å². The molecule has 0 aromatic heterocycles. The van der Waals surface area contributed by atoms with Crippen LogP contribution in [-0.4, -0.2) is 5.06 Å².